The van der Waals surface area contributed by atoms with E-state index in [1.165, 1.54) is 25.7 Å². The SMILES string of the molecule is C=CCCCCCCC(C)C=O. The smallest absolute Gasteiger partial charge is 0.122 e. The molecule has 1 nitrogen and oxygen atoms in total. The molecule has 0 saturated carbocycles. The van der Waals surface area contributed by atoms with Gasteiger partial charge in [0.15, 0.2) is 0 Å². The first kappa shape index (κ1) is 11.4. The summed E-state index contributed by atoms with van der Waals surface area (Å²) in [6.07, 6.45) is 10.2. The third-order valence-corrected chi connectivity index (χ3v) is 2.05. The average molecular weight is 168 g/mol. The first-order valence-electron chi connectivity index (χ1n) is 4.87. The van der Waals surface area contributed by atoms with Crippen LogP contribution < -0.4 is 0 Å². The molecule has 0 heterocycles. The minimum Gasteiger partial charge on any atom is -0.303 e. The van der Waals surface area contributed by atoms with Crippen LogP contribution in [0, 0.1) is 5.92 Å². The van der Waals surface area contributed by atoms with Crippen molar-refractivity contribution in [3.8, 4) is 0 Å². The van der Waals surface area contributed by atoms with Gasteiger partial charge < -0.3 is 4.79 Å². The van der Waals surface area contributed by atoms with Crippen molar-refractivity contribution in [3.05, 3.63) is 12.7 Å². The highest BCUT2D eigenvalue weighted by Crippen LogP contribution is 2.09. The standard InChI is InChI=1S/C11H20O/c1-3-4-5-6-7-8-9-11(2)10-12/h3,10-11H,1,4-9H2,2H3. The molecule has 0 bridgehead atoms. The van der Waals surface area contributed by atoms with E-state index in [1.54, 1.807) is 0 Å². The minimum absolute atomic E-state index is 0.254. The predicted octanol–water partition coefficient (Wildman–Crippen LogP) is 3.35. The van der Waals surface area contributed by atoms with Gasteiger partial charge in [-0.15, -0.1) is 6.58 Å². The molecular weight excluding hydrogens is 148 g/mol. The molecule has 0 aromatic rings. The highest BCUT2D eigenvalue weighted by atomic mass is 16.1. The van der Waals surface area contributed by atoms with E-state index < -0.39 is 0 Å². The third kappa shape index (κ3) is 7.52. The largest absolute Gasteiger partial charge is 0.303 e. The van der Waals surface area contributed by atoms with Crippen LogP contribution in [0.4, 0.5) is 0 Å². The Labute approximate surface area is 75.9 Å². The van der Waals surface area contributed by atoms with Crippen LogP contribution in [0.15, 0.2) is 12.7 Å². The van der Waals surface area contributed by atoms with Gasteiger partial charge in [0.05, 0.1) is 0 Å². The number of carbonyl (C=O) groups is 1. The fraction of sp³-hybridized carbons (Fsp3) is 0.727. The maximum atomic E-state index is 10.3. The zero-order valence-corrected chi connectivity index (χ0v) is 8.09. The number of hydrogen-bond acceptors (Lipinski definition) is 1. The number of unbranched alkanes of at least 4 members (excludes halogenated alkanes) is 4. The Morgan fingerprint density at radius 3 is 2.50 bits per heavy atom. The molecule has 0 radical (unpaired) electrons. The van der Waals surface area contributed by atoms with E-state index >= 15 is 0 Å². The molecular formula is C11H20O. The van der Waals surface area contributed by atoms with E-state index in [9.17, 15) is 4.79 Å². The normalized spacial score (nSPS) is 12.4. The minimum atomic E-state index is 0.254. The summed E-state index contributed by atoms with van der Waals surface area (Å²) >= 11 is 0. The van der Waals surface area contributed by atoms with E-state index in [-0.39, 0.29) is 5.92 Å². The highest BCUT2D eigenvalue weighted by Gasteiger charge is 1.97. The fourth-order valence-corrected chi connectivity index (χ4v) is 1.18. The molecule has 0 aliphatic rings. The van der Waals surface area contributed by atoms with Gasteiger partial charge in [-0.1, -0.05) is 32.3 Å². The van der Waals surface area contributed by atoms with Gasteiger partial charge in [-0.05, 0) is 19.3 Å². The quantitative estimate of drug-likeness (QED) is 0.308. The Morgan fingerprint density at radius 2 is 1.92 bits per heavy atom. The maximum Gasteiger partial charge on any atom is 0.122 e. The van der Waals surface area contributed by atoms with Crippen LogP contribution >= 0.6 is 0 Å². The third-order valence-electron chi connectivity index (χ3n) is 2.05. The number of hydrogen-bond donors (Lipinski definition) is 0. The van der Waals surface area contributed by atoms with E-state index in [2.05, 4.69) is 6.58 Å². The Hall–Kier alpha value is -0.590. The molecule has 0 rings (SSSR count). The van der Waals surface area contributed by atoms with Gasteiger partial charge in [0, 0.05) is 5.92 Å². The van der Waals surface area contributed by atoms with Gasteiger partial charge in [-0.25, -0.2) is 0 Å². The highest BCUT2D eigenvalue weighted by molar-refractivity contribution is 5.52. The van der Waals surface area contributed by atoms with Crippen molar-refractivity contribution >= 4 is 6.29 Å². The lowest BCUT2D eigenvalue weighted by atomic mass is 10.0. The van der Waals surface area contributed by atoms with Gasteiger partial charge in [0.2, 0.25) is 0 Å². The van der Waals surface area contributed by atoms with Gasteiger partial charge in [-0.3, -0.25) is 0 Å². The van der Waals surface area contributed by atoms with E-state index in [4.69, 9.17) is 0 Å². The first-order valence-corrected chi connectivity index (χ1v) is 4.87. The number of aldehydes is 1. The van der Waals surface area contributed by atoms with E-state index in [1.807, 2.05) is 13.0 Å². The second-order valence-corrected chi connectivity index (χ2v) is 3.39. The summed E-state index contributed by atoms with van der Waals surface area (Å²) < 4.78 is 0. The molecule has 0 aliphatic carbocycles. The maximum absolute atomic E-state index is 10.3. The molecule has 0 fully saturated rings. The summed E-state index contributed by atoms with van der Waals surface area (Å²) in [5, 5.41) is 0. The lowest BCUT2D eigenvalue weighted by molar-refractivity contribution is -0.110. The topological polar surface area (TPSA) is 17.1 Å². The number of rotatable bonds is 8. The molecule has 1 atom stereocenters. The summed E-state index contributed by atoms with van der Waals surface area (Å²) in [5.74, 6) is 0.254. The summed E-state index contributed by atoms with van der Waals surface area (Å²) in [5.41, 5.74) is 0. The van der Waals surface area contributed by atoms with Crippen molar-refractivity contribution < 1.29 is 4.79 Å². The van der Waals surface area contributed by atoms with Crippen molar-refractivity contribution in [2.24, 2.45) is 5.92 Å². The first-order chi connectivity index (χ1) is 5.81. The number of allylic oxidation sites excluding steroid dienone is 1. The Morgan fingerprint density at radius 1 is 1.25 bits per heavy atom. The molecule has 0 amide bonds. The Kier molecular flexibility index (Phi) is 8.09. The molecule has 0 aromatic heterocycles. The molecule has 1 heteroatoms. The van der Waals surface area contributed by atoms with Crippen LogP contribution in [0.1, 0.15) is 45.4 Å². The van der Waals surface area contributed by atoms with Crippen molar-refractivity contribution in [1.29, 1.82) is 0 Å². The fourth-order valence-electron chi connectivity index (χ4n) is 1.18. The van der Waals surface area contributed by atoms with Gasteiger partial charge in [-0.2, -0.15) is 0 Å². The van der Waals surface area contributed by atoms with E-state index in [0.717, 1.165) is 19.1 Å². The molecule has 0 aromatic carbocycles. The second kappa shape index (κ2) is 8.51. The molecule has 0 aliphatic heterocycles. The summed E-state index contributed by atoms with van der Waals surface area (Å²) in [7, 11) is 0. The van der Waals surface area contributed by atoms with Crippen molar-refractivity contribution in [2.75, 3.05) is 0 Å². The molecule has 70 valence electrons. The second-order valence-electron chi connectivity index (χ2n) is 3.39. The average Bonchev–Trinajstić information content (AvgIpc) is 2.10. The monoisotopic (exact) mass is 168 g/mol. The van der Waals surface area contributed by atoms with Crippen molar-refractivity contribution in [1.82, 2.24) is 0 Å². The predicted molar refractivity (Wildman–Crippen MR) is 53.1 cm³/mol. The molecule has 0 saturated heterocycles. The van der Waals surface area contributed by atoms with E-state index in [0.29, 0.717) is 0 Å². The summed E-state index contributed by atoms with van der Waals surface area (Å²) in [6.45, 7) is 5.66. The van der Waals surface area contributed by atoms with Crippen LogP contribution in [-0.2, 0) is 4.79 Å². The molecule has 0 N–H and O–H groups in total. The van der Waals surface area contributed by atoms with Crippen LogP contribution in [-0.4, -0.2) is 6.29 Å². The van der Waals surface area contributed by atoms with Gasteiger partial charge >= 0.3 is 0 Å². The van der Waals surface area contributed by atoms with Gasteiger partial charge in [0.1, 0.15) is 6.29 Å². The van der Waals surface area contributed by atoms with Crippen LogP contribution in [0.3, 0.4) is 0 Å². The Balaban J connectivity index is 2.99. The van der Waals surface area contributed by atoms with Crippen LogP contribution in [0.25, 0.3) is 0 Å². The van der Waals surface area contributed by atoms with Gasteiger partial charge in [0.25, 0.3) is 0 Å². The van der Waals surface area contributed by atoms with Crippen LogP contribution in [0.2, 0.25) is 0 Å². The van der Waals surface area contributed by atoms with Crippen LogP contribution in [0.5, 0.6) is 0 Å². The molecule has 0 spiro atoms. The zero-order chi connectivity index (χ0) is 9.23. The summed E-state index contributed by atoms with van der Waals surface area (Å²) in [6, 6.07) is 0. The molecule has 12 heavy (non-hydrogen) atoms. The lowest BCUT2D eigenvalue weighted by Gasteiger charge is -2.02. The van der Waals surface area contributed by atoms with Crippen molar-refractivity contribution in [3.63, 3.8) is 0 Å². The summed E-state index contributed by atoms with van der Waals surface area (Å²) in [4.78, 5) is 10.3. The zero-order valence-electron chi connectivity index (χ0n) is 8.09. The number of carbonyl (C=O) groups excluding carboxylic acids is 1. The lowest BCUT2D eigenvalue weighted by Crippen LogP contribution is -1.94. The Bertz CT molecular complexity index is 118. The molecule has 1 unspecified atom stereocenters. The van der Waals surface area contributed by atoms with Crippen molar-refractivity contribution in [2.45, 2.75) is 45.4 Å².